The number of fused-ring (bicyclic) bond motifs is 10. The lowest BCUT2D eigenvalue weighted by Crippen LogP contribution is -2.10. The van der Waals surface area contributed by atoms with E-state index in [0.717, 1.165) is 0 Å². The number of hydrogen-bond acceptors (Lipinski definition) is 1. The molecule has 0 N–H and O–H groups in total. The molecule has 0 bridgehead atoms. The summed E-state index contributed by atoms with van der Waals surface area (Å²) < 4.78 is 5.18. The summed E-state index contributed by atoms with van der Waals surface area (Å²) in [6.07, 6.45) is 0. The Bertz CT molecular complexity index is 4020. The average Bonchev–Trinajstić information content (AvgIpc) is 3.90. The van der Waals surface area contributed by atoms with E-state index in [-0.39, 0.29) is 10.8 Å². The van der Waals surface area contributed by atoms with E-state index in [1.54, 1.807) is 0 Å². The molecule has 0 aliphatic carbocycles. The number of thiophene rings is 1. The smallest absolute Gasteiger partial charge is 0.0619 e. The summed E-state index contributed by atoms with van der Waals surface area (Å²) >= 11 is 1.93. The average molecular weight is 890 g/mol. The molecular weight excluding hydrogens is 839 g/mol. The van der Waals surface area contributed by atoms with Gasteiger partial charge in [0, 0.05) is 47.3 Å². The SMILES string of the molecule is CC(C)(C)c1ccc2c(c1)c1cc(C(C)(C)C)ccc1n2-c1c2ccccc2c(-c2cccc3c2sc2cccc(-c4c5ccccc5c(-c5ccccc5)c5ccccc45)c23)c2ccccc12. The van der Waals surface area contributed by atoms with Crippen molar-refractivity contribution in [1.82, 2.24) is 4.57 Å². The summed E-state index contributed by atoms with van der Waals surface area (Å²) in [5, 5.41) is 15.3. The summed E-state index contributed by atoms with van der Waals surface area (Å²) in [7, 11) is 0. The van der Waals surface area contributed by atoms with Gasteiger partial charge in [-0.3, -0.25) is 0 Å². The van der Waals surface area contributed by atoms with Crippen LogP contribution in [0.15, 0.2) is 200 Å². The monoisotopic (exact) mass is 889 g/mol. The molecule has 0 unspecified atom stereocenters. The van der Waals surface area contributed by atoms with Crippen molar-refractivity contribution in [2.75, 3.05) is 0 Å². The van der Waals surface area contributed by atoms with Crippen molar-refractivity contribution in [2.45, 2.75) is 52.4 Å². The molecule has 0 atom stereocenters. The van der Waals surface area contributed by atoms with Crippen molar-refractivity contribution < 1.29 is 0 Å². The Labute approximate surface area is 401 Å². The first kappa shape index (κ1) is 40.7. The van der Waals surface area contributed by atoms with E-state index in [9.17, 15) is 0 Å². The van der Waals surface area contributed by atoms with Gasteiger partial charge in [0.25, 0.3) is 0 Å². The highest BCUT2D eigenvalue weighted by molar-refractivity contribution is 7.26. The van der Waals surface area contributed by atoms with Crippen LogP contribution in [0.2, 0.25) is 0 Å². The molecule has 0 saturated heterocycles. The highest BCUT2D eigenvalue weighted by Gasteiger charge is 2.26. The van der Waals surface area contributed by atoms with Crippen molar-refractivity contribution in [2.24, 2.45) is 0 Å². The summed E-state index contributed by atoms with van der Waals surface area (Å²) in [6, 6.07) is 75.6. The second-order valence-electron chi connectivity index (χ2n) is 20.8. The lowest BCUT2D eigenvalue weighted by Gasteiger charge is -2.21. The lowest BCUT2D eigenvalue weighted by atomic mass is 9.85. The number of nitrogens with zero attached hydrogens (tertiary/aromatic N) is 1. The standard InChI is InChI=1S/C66H51NS/c1-65(2,3)41-34-36-56-54(38-41)55-39-42(66(4,5)6)35-37-57(55)67(56)63-49-28-16-14-26-47(49)61(48-27-15-17-29-50(48)63)52-31-18-32-53-62-51(30-19-33-58(62)68-64(52)53)60-45-24-12-10-22-43(45)59(40-20-8-7-9-21-40)44-23-11-13-25-46(44)60/h7-39H,1-6H3. The van der Waals surface area contributed by atoms with Gasteiger partial charge in [-0.2, -0.15) is 0 Å². The number of benzene rings is 11. The van der Waals surface area contributed by atoms with Crippen LogP contribution >= 0.6 is 11.3 Å². The predicted molar refractivity (Wildman–Crippen MR) is 297 cm³/mol. The summed E-state index contributed by atoms with van der Waals surface area (Å²) in [6.45, 7) is 13.9. The van der Waals surface area contributed by atoms with Crippen molar-refractivity contribution in [3.63, 3.8) is 0 Å². The van der Waals surface area contributed by atoms with Crippen LogP contribution in [0.1, 0.15) is 52.7 Å². The van der Waals surface area contributed by atoms with E-state index in [1.165, 1.54) is 135 Å². The fourth-order valence-electron chi connectivity index (χ4n) is 11.4. The zero-order chi connectivity index (χ0) is 46.1. The first-order valence-electron chi connectivity index (χ1n) is 24.0. The molecule has 2 heteroatoms. The van der Waals surface area contributed by atoms with Crippen LogP contribution in [0.5, 0.6) is 0 Å². The molecule has 0 radical (unpaired) electrons. The maximum absolute atomic E-state index is 2.57. The summed E-state index contributed by atoms with van der Waals surface area (Å²) in [5.74, 6) is 0. The zero-order valence-electron chi connectivity index (χ0n) is 39.4. The Hall–Kier alpha value is -7.52. The third kappa shape index (κ3) is 6.07. The van der Waals surface area contributed by atoms with Gasteiger partial charge in [0.15, 0.2) is 0 Å². The molecule has 0 fully saturated rings. The normalized spacial score (nSPS) is 12.6. The number of aromatic nitrogens is 1. The Morgan fingerprint density at radius 1 is 0.338 bits per heavy atom. The van der Waals surface area contributed by atoms with Crippen LogP contribution in [0.25, 0.3) is 124 Å². The molecule has 68 heavy (non-hydrogen) atoms. The fourth-order valence-corrected chi connectivity index (χ4v) is 12.7. The quantitative estimate of drug-likeness (QED) is 0.155. The Morgan fingerprint density at radius 3 is 1.26 bits per heavy atom. The summed E-state index contributed by atoms with van der Waals surface area (Å²) in [5.41, 5.74) is 14.1. The molecule has 0 spiro atoms. The third-order valence-corrected chi connectivity index (χ3v) is 15.9. The molecule has 2 heterocycles. The molecule has 2 aromatic heterocycles. The summed E-state index contributed by atoms with van der Waals surface area (Å²) in [4.78, 5) is 0. The minimum Gasteiger partial charge on any atom is -0.308 e. The minimum absolute atomic E-state index is 0.0221. The molecule has 326 valence electrons. The topological polar surface area (TPSA) is 4.93 Å². The predicted octanol–water partition coefficient (Wildman–Crippen LogP) is 19.4. The van der Waals surface area contributed by atoms with Gasteiger partial charge in [-0.25, -0.2) is 0 Å². The van der Waals surface area contributed by atoms with E-state index in [0.29, 0.717) is 0 Å². The number of rotatable bonds is 4. The van der Waals surface area contributed by atoms with Crippen molar-refractivity contribution in [3.8, 4) is 39.1 Å². The molecule has 0 aliphatic heterocycles. The molecule has 0 aliphatic rings. The van der Waals surface area contributed by atoms with Gasteiger partial charge >= 0.3 is 0 Å². The van der Waals surface area contributed by atoms with Gasteiger partial charge in [-0.05, 0) is 112 Å². The maximum Gasteiger partial charge on any atom is 0.0619 e. The van der Waals surface area contributed by atoms with Crippen LogP contribution in [0.4, 0.5) is 0 Å². The molecule has 0 amide bonds. The van der Waals surface area contributed by atoms with Gasteiger partial charge in [0.1, 0.15) is 0 Å². The van der Waals surface area contributed by atoms with E-state index in [1.807, 2.05) is 11.3 Å². The molecule has 0 saturated carbocycles. The maximum atomic E-state index is 2.57. The van der Waals surface area contributed by atoms with E-state index in [2.05, 4.69) is 246 Å². The van der Waals surface area contributed by atoms with Crippen molar-refractivity contribution in [3.05, 3.63) is 211 Å². The fraction of sp³-hybridized carbons (Fsp3) is 0.121. The number of hydrogen-bond donors (Lipinski definition) is 0. The molecular formula is C66H51NS. The molecule has 1 nitrogen and oxygen atoms in total. The second kappa shape index (κ2) is 15.0. The Morgan fingerprint density at radius 2 is 0.750 bits per heavy atom. The van der Waals surface area contributed by atoms with Gasteiger partial charge in [0.2, 0.25) is 0 Å². The zero-order valence-corrected chi connectivity index (χ0v) is 40.2. The molecule has 11 aromatic carbocycles. The van der Waals surface area contributed by atoms with Crippen molar-refractivity contribution >= 4 is 96.4 Å². The van der Waals surface area contributed by atoms with E-state index >= 15 is 0 Å². The molecule has 13 rings (SSSR count). The van der Waals surface area contributed by atoms with Gasteiger partial charge in [0.05, 0.1) is 16.7 Å². The van der Waals surface area contributed by atoms with Gasteiger partial charge in [-0.15, -0.1) is 11.3 Å². The van der Waals surface area contributed by atoms with Crippen LogP contribution < -0.4 is 0 Å². The van der Waals surface area contributed by atoms with Crippen molar-refractivity contribution in [1.29, 1.82) is 0 Å². The van der Waals surface area contributed by atoms with Crippen LogP contribution in [-0.2, 0) is 10.8 Å². The first-order chi connectivity index (χ1) is 33.0. The highest BCUT2D eigenvalue weighted by atomic mass is 32.1. The van der Waals surface area contributed by atoms with Crippen LogP contribution in [-0.4, -0.2) is 4.57 Å². The van der Waals surface area contributed by atoms with Crippen LogP contribution in [0, 0.1) is 0 Å². The van der Waals surface area contributed by atoms with E-state index < -0.39 is 0 Å². The van der Waals surface area contributed by atoms with Crippen LogP contribution in [0.3, 0.4) is 0 Å². The van der Waals surface area contributed by atoms with E-state index in [4.69, 9.17) is 0 Å². The first-order valence-corrected chi connectivity index (χ1v) is 24.8. The van der Waals surface area contributed by atoms with Gasteiger partial charge < -0.3 is 4.57 Å². The largest absolute Gasteiger partial charge is 0.308 e. The Kier molecular flexibility index (Phi) is 8.98. The van der Waals surface area contributed by atoms with Gasteiger partial charge in [-0.1, -0.05) is 211 Å². The second-order valence-corrected chi connectivity index (χ2v) is 21.8. The molecule has 13 aromatic rings. The third-order valence-electron chi connectivity index (χ3n) is 14.7. The minimum atomic E-state index is 0.0221. The highest BCUT2D eigenvalue weighted by Crippen LogP contribution is 2.52. The Balaban J connectivity index is 1.10. The lowest BCUT2D eigenvalue weighted by molar-refractivity contribution is 0.590.